The number of benzene rings is 1. The van der Waals surface area contributed by atoms with Gasteiger partial charge >= 0.3 is 7.12 Å². The second-order valence-corrected chi connectivity index (χ2v) is 17.0. The molecule has 3 aromatic rings. The second kappa shape index (κ2) is 9.11. The van der Waals surface area contributed by atoms with Gasteiger partial charge in [-0.3, -0.25) is 4.68 Å². The lowest BCUT2D eigenvalue weighted by Gasteiger charge is -2.32. The molecule has 0 atom stereocenters. The van der Waals surface area contributed by atoms with Crippen molar-refractivity contribution in [3.63, 3.8) is 0 Å². The van der Waals surface area contributed by atoms with Crippen LogP contribution in [-0.2, 0) is 27.8 Å². The molecule has 1 aromatic carbocycles. The van der Waals surface area contributed by atoms with E-state index in [1.165, 1.54) is 0 Å². The van der Waals surface area contributed by atoms with Crippen molar-refractivity contribution in [1.29, 1.82) is 0 Å². The van der Waals surface area contributed by atoms with Gasteiger partial charge in [0.1, 0.15) is 6.73 Å². The van der Waals surface area contributed by atoms with Gasteiger partial charge in [-0.15, -0.1) is 0 Å². The normalized spacial score (nSPS) is 17.9. The fraction of sp³-hybridized carbons (Fsp3) is 0.520. The first-order valence-electron chi connectivity index (χ1n) is 12.0. The summed E-state index contributed by atoms with van der Waals surface area (Å²) in [5, 5.41) is 10.2. The van der Waals surface area contributed by atoms with Crippen LogP contribution in [-0.4, -0.2) is 52.6 Å². The maximum Gasteiger partial charge on any atom is 0.494 e. The lowest BCUT2D eigenvalue weighted by atomic mass is 9.78. The van der Waals surface area contributed by atoms with Crippen molar-refractivity contribution in [2.75, 3.05) is 6.61 Å². The van der Waals surface area contributed by atoms with E-state index < -0.39 is 15.2 Å². The van der Waals surface area contributed by atoms with Crippen molar-refractivity contribution in [1.82, 2.24) is 19.6 Å². The molecule has 3 heterocycles. The highest BCUT2D eigenvalue weighted by Gasteiger charge is 2.51. The van der Waals surface area contributed by atoms with E-state index in [0.717, 1.165) is 40.3 Å². The summed E-state index contributed by atoms with van der Waals surface area (Å²) >= 11 is 0. The molecule has 0 aliphatic carbocycles. The lowest BCUT2D eigenvalue weighted by molar-refractivity contribution is 0.00578. The first kappa shape index (κ1) is 24.9. The van der Waals surface area contributed by atoms with Crippen LogP contribution in [0.1, 0.15) is 39.0 Å². The minimum atomic E-state index is -1.14. The number of hydrogen-bond donors (Lipinski definition) is 0. The standard InChI is InChI=1S/C25H37BN4O3Si/c1-24(2)25(3,4)33-26(32-24)20-10-12-23-21(15-20)22(11-9-19-16-27-29(5)17-19)28-30(23)18-31-13-14-34(6,7)8/h9-12,15-17H,13-14,18H2,1-8H3/b11-9+. The van der Waals surface area contributed by atoms with E-state index in [1.807, 2.05) is 36.3 Å². The van der Waals surface area contributed by atoms with Crippen LogP contribution in [0, 0.1) is 0 Å². The third kappa shape index (κ3) is 5.38. The number of rotatable bonds is 8. The number of fused-ring (bicyclic) bond motifs is 1. The topological polar surface area (TPSA) is 63.3 Å². The molecule has 4 rings (SSSR count). The van der Waals surface area contributed by atoms with Crippen molar-refractivity contribution >= 4 is 43.7 Å². The number of aromatic nitrogens is 4. The predicted molar refractivity (Wildman–Crippen MR) is 142 cm³/mol. The van der Waals surface area contributed by atoms with Crippen molar-refractivity contribution in [2.24, 2.45) is 7.05 Å². The first-order chi connectivity index (χ1) is 15.8. The quantitative estimate of drug-likeness (QED) is 0.350. The highest BCUT2D eigenvalue weighted by atomic mass is 28.3. The Balaban J connectivity index is 1.65. The van der Waals surface area contributed by atoms with Gasteiger partial charge in [-0.05, 0) is 57.4 Å². The van der Waals surface area contributed by atoms with Crippen LogP contribution in [0.2, 0.25) is 25.7 Å². The van der Waals surface area contributed by atoms with Crippen LogP contribution in [0.4, 0.5) is 0 Å². The molecule has 1 fully saturated rings. The van der Waals surface area contributed by atoms with Gasteiger partial charge in [-0.1, -0.05) is 31.8 Å². The molecule has 1 aliphatic heterocycles. The summed E-state index contributed by atoms with van der Waals surface area (Å²) in [6, 6.07) is 7.42. The second-order valence-electron chi connectivity index (χ2n) is 11.4. The van der Waals surface area contributed by atoms with Crippen LogP contribution in [0.3, 0.4) is 0 Å². The highest BCUT2D eigenvalue weighted by Crippen LogP contribution is 2.36. The number of nitrogens with zero attached hydrogens (tertiary/aromatic N) is 4. The molecule has 0 unspecified atom stereocenters. The van der Waals surface area contributed by atoms with Gasteiger partial charge in [0.05, 0.1) is 28.6 Å². The van der Waals surface area contributed by atoms with Crippen molar-refractivity contribution in [3.05, 3.63) is 41.9 Å². The lowest BCUT2D eigenvalue weighted by Crippen LogP contribution is -2.41. The minimum absolute atomic E-state index is 0.385. The van der Waals surface area contributed by atoms with E-state index in [1.54, 1.807) is 4.68 Å². The zero-order valence-electron chi connectivity index (χ0n) is 21.8. The van der Waals surface area contributed by atoms with E-state index in [4.69, 9.17) is 19.1 Å². The molecule has 2 aromatic heterocycles. The van der Waals surface area contributed by atoms with E-state index in [9.17, 15) is 0 Å². The van der Waals surface area contributed by atoms with E-state index in [2.05, 4.69) is 70.6 Å². The Labute approximate surface area is 204 Å². The fourth-order valence-corrected chi connectivity index (χ4v) is 4.56. The van der Waals surface area contributed by atoms with Crippen molar-refractivity contribution in [3.8, 4) is 0 Å². The van der Waals surface area contributed by atoms with Gasteiger partial charge < -0.3 is 14.0 Å². The zero-order chi connectivity index (χ0) is 24.7. The Kier molecular flexibility index (Phi) is 6.67. The molecule has 1 aliphatic rings. The summed E-state index contributed by atoms with van der Waals surface area (Å²) in [5.41, 5.74) is 3.15. The maximum atomic E-state index is 6.29. The molecular formula is C25H37BN4O3Si. The van der Waals surface area contributed by atoms with Crippen LogP contribution >= 0.6 is 0 Å². The molecular weight excluding hydrogens is 443 g/mol. The molecule has 0 bridgehead atoms. The molecule has 34 heavy (non-hydrogen) atoms. The van der Waals surface area contributed by atoms with Gasteiger partial charge in [0.15, 0.2) is 0 Å². The van der Waals surface area contributed by atoms with Crippen molar-refractivity contribution in [2.45, 2.75) is 71.3 Å². The summed E-state index contributed by atoms with van der Waals surface area (Å²) in [7, 11) is 0.357. The average Bonchev–Trinajstić information content (AvgIpc) is 3.36. The van der Waals surface area contributed by atoms with Gasteiger partial charge in [0.25, 0.3) is 0 Å². The Morgan fingerprint density at radius 3 is 2.41 bits per heavy atom. The number of aryl methyl sites for hydroxylation is 1. The largest absolute Gasteiger partial charge is 0.494 e. The smallest absolute Gasteiger partial charge is 0.399 e. The number of ether oxygens (including phenoxy) is 1. The van der Waals surface area contributed by atoms with Crippen LogP contribution in [0.5, 0.6) is 0 Å². The van der Waals surface area contributed by atoms with Gasteiger partial charge in [-0.25, -0.2) is 4.68 Å². The molecule has 9 heteroatoms. The zero-order valence-corrected chi connectivity index (χ0v) is 22.8. The maximum absolute atomic E-state index is 6.29. The summed E-state index contributed by atoms with van der Waals surface area (Å²) in [6.07, 6.45) is 7.88. The Bertz CT molecular complexity index is 1180. The molecule has 7 nitrogen and oxygen atoms in total. The molecule has 0 N–H and O–H groups in total. The van der Waals surface area contributed by atoms with E-state index >= 15 is 0 Å². The average molecular weight is 480 g/mol. The molecule has 1 saturated heterocycles. The third-order valence-electron chi connectivity index (χ3n) is 6.70. The van der Waals surface area contributed by atoms with Gasteiger partial charge in [-0.2, -0.15) is 10.2 Å². The molecule has 0 saturated carbocycles. The Morgan fingerprint density at radius 1 is 1.09 bits per heavy atom. The predicted octanol–water partition coefficient (Wildman–Crippen LogP) is 4.55. The summed E-state index contributed by atoms with van der Waals surface area (Å²) in [5.74, 6) is 0. The summed E-state index contributed by atoms with van der Waals surface area (Å²) in [6.45, 7) is 16.6. The third-order valence-corrected chi connectivity index (χ3v) is 8.40. The Morgan fingerprint density at radius 2 is 1.79 bits per heavy atom. The summed E-state index contributed by atoms with van der Waals surface area (Å²) in [4.78, 5) is 0. The molecule has 0 radical (unpaired) electrons. The molecule has 182 valence electrons. The minimum Gasteiger partial charge on any atom is -0.399 e. The fourth-order valence-electron chi connectivity index (χ4n) is 3.80. The van der Waals surface area contributed by atoms with Crippen LogP contribution in [0.15, 0.2) is 30.6 Å². The molecule has 0 amide bonds. The first-order valence-corrected chi connectivity index (χ1v) is 15.7. The monoisotopic (exact) mass is 480 g/mol. The highest BCUT2D eigenvalue weighted by molar-refractivity contribution is 6.76. The van der Waals surface area contributed by atoms with Crippen LogP contribution < -0.4 is 5.46 Å². The van der Waals surface area contributed by atoms with Gasteiger partial charge in [0.2, 0.25) is 0 Å². The number of hydrogen-bond acceptors (Lipinski definition) is 5. The van der Waals surface area contributed by atoms with Gasteiger partial charge in [0, 0.05) is 38.9 Å². The SMILES string of the molecule is Cn1cc(/C=C/c2nn(COCC[Si](C)(C)C)c3ccc(B4OC(C)(C)C(C)(C)O4)cc23)cn1. The van der Waals surface area contributed by atoms with Crippen molar-refractivity contribution < 1.29 is 14.0 Å². The Hall–Kier alpha value is -2.20. The molecule has 0 spiro atoms. The van der Waals surface area contributed by atoms with E-state index in [-0.39, 0.29) is 11.2 Å². The summed E-state index contributed by atoms with van der Waals surface area (Å²) < 4.78 is 22.3. The van der Waals surface area contributed by atoms with E-state index in [0.29, 0.717) is 6.73 Å². The van der Waals surface area contributed by atoms with Crippen LogP contribution in [0.25, 0.3) is 23.1 Å².